The first-order chi connectivity index (χ1) is 14.3. The highest BCUT2D eigenvalue weighted by atomic mass is 32.2. The van der Waals surface area contributed by atoms with Crippen molar-refractivity contribution in [3.8, 4) is 11.3 Å². The van der Waals surface area contributed by atoms with Crippen molar-refractivity contribution in [3.63, 3.8) is 0 Å². The highest BCUT2D eigenvalue weighted by Crippen LogP contribution is 2.22. The van der Waals surface area contributed by atoms with Crippen LogP contribution in [0.5, 0.6) is 0 Å². The summed E-state index contributed by atoms with van der Waals surface area (Å²) in [7, 11) is -3.03. The second-order valence-electron chi connectivity index (χ2n) is 6.95. The zero-order valence-electron chi connectivity index (χ0n) is 15.9. The topological polar surface area (TPSA) is 134 Å². The number of sulfone groups is 1. The molecule has 11 heteroatoms. The largest absolute Gasteiger partial charge is 0.465 e. The van der Waals surface area contributed by atoms with E-state index in [1.165, 1.54) is 0 Å². The second-order valence-corrected chi connectivity index (χ2v) is 9.26. The van der Waals surface area contributed by atoms with Crippen LogP contribution in [0.3, 0.4) is 0 Å². The molecule has 0 atom stereocenters. The Morgan fingerprint density at radius 1 is 1.07 bits per heavy atom. The lowest BCUT2D eigenvalue weighted by Gasteiger charge is -2.26. The Kier molecular flexibility index (Phi) is 5.12. The molecular weight excluding hydrogens is 410 g/mol. The van der Waals surface area contributed by atoms with Gasteiger partial charge < -0.3 is 10.0 Å². The van der Waals surface area contributed by atoms with E-state index in [0.717, 1.165) is 16.8 Å². The van der Waals surface area contributed by atoms with E-state index in [1.54, 1.807) is 21.5 Å². The standard InChI is InChI=1S/C19H19N5O5S/c25-17(23-8-10-30(28,29)11-9-23)12-13-4-6-14(7-5-13)15-2-1-3-16-20-18(21-19(26)27)22-24(15)16/h1-7H,8-12H2,(H,21,22)(H,26,27). The number of pyridine rings is 1. The zero-order valence-corrected chi connectivity index (χ0v) is 16.7. The van der Waals surface area contributed by atoms with Crippen molar-refractivity contribution in [1.29, 1.82) is 0 Å². The van der Waals surface area contributed by atoms with Gasteiger partial charge in [-0.2, -0.15) is 4.98 Å². The summed E-state index contributed by atoms with van der Waals surface area (Å²) in [5, 5.41) is 15.1. The molecule has 1 fully saturated rings. The van der Waals surface area contributed by atoms with E-state index < -0.39 is 15.9 Å². The van der Waals surface area contributed by atoms with Crippen molar-refractivity contribution in [2.24, 2.45) is 0 Å². The minimum atomic E-state index is -3.03. The molecule has 1 aliphatic heterocycles. The van der Waals surface area contributed by atoms with Gasteiger partial charge in [-0.3, -0.25) is 10.1 Å². The number of fused-ring (bicyclic) bond motifs is 1. The molecule has 4 rings (SSSR count). The fourth-order valence-electron chi connectivity index (χ4n) is 3.31. The Morgan fingerprint density at radius 3 is 2.43 bits per heavy atom. The lowest BCUT2D eigenvalue weighted by Crippen LogP contribution is -2.44. The van der Waals surface area contributed by atoms with E-state index in [-0.39, 0.29) is 42.9 Å². The molecule has 156 valence electrons. The molecule has 1 aromatic carbocycles. The molecule has 2 amide bonds. The quantitative estimate of drug-likeness (QED) is 0.638. The average molecular weight is 429 g/mol. The van der Waals surface area contributed by atoms with Gasteiger partial charge in [0.15, 0.2) is 15.5 Å². The first-order valence-electron chi connectivity index (χ1n) is 9.24. The molecule has 2 aromatic heterocycles. The van der Waals surface area contributed by atoms with Gasteiger partial charge in [-0.15, -0.1) is 5.10 Å². The van der Waals surface area contributed by atoms with Gasteiger partial charge in [-0.1, -0.05) is 30.3 Å². The second kappa shape index (κ2) is 7.75. The van der Waals surface area contributed by atoms with E-state index in [4.69, 9.17) is 5.11 Å². The number of carboxylic acid groups (broad SMARTS) is 1. The van der Waals surface area contributed by atoms with Gasteiger partial charge in [-0.25, -0.2) is 17.7 Å². The molecule has 10 nitrogen and oxygen atoms in total. The number of hydrogen-bond donors (Lipinski definition) is 2. The van der Waals surface area contributed by atoms with Crippen LogP contribution in [0.1, 0.15) is 5.56 Å². The number of anilines is 1. The number of nitrogens with one attached hydrogen (secondary N) is 1. The molecule has 3 aromatic rings. The fraction of sp³-hybridized carbons (Fsp3) is 0.263. The molecule has 30 heavy (non-hydrogen) atoms. The third kappa shape index (κ3) is 4.25. The van der Waals surface area contributed by atoms with Gasteiger partial charge in [0.05, 0.1) is 23.6 Å². The Labute approximate surface area is 172 Å². The molecule has 0 aliphatic carbocycles. The first-order valence-corrected chi connectivity index (χ1v) is 11.1. The number of rotatable bonds is 4. The molecule has 2 N–H and O–H groups in total. The van der Waals surface area contributed by atoms with Crippen LogP contribution in [0, 0.1) is 0 Å². The SMILES string of the molecule is O=C(O)Nc1nc2cccc(-c3ccc(CC(=O)N4CCS(=O)(=O)CC4)cc3)n2n1. The predicted molar refractivity (Wildman–Crippen MR) is 109 cm³/mol. The van der Waals surface area contributed by atoms with E-state index >= 15 is 0 Å². The van der Waals surface area contributed by atoms with E-state index in [0.29, 0.717) is 5.65 Å². The molecule has 0 radical (unpaired) electrons. The molecule has 3 heterocycles. The summed E-state index contributed by atoms with van der Waals surface area (Å²) in [6.45, 7) is 0.473. The van der Waals surface area contributed by atoms with Crippen LogP contribution in [-0.4, -0.2) is 69.6 Å². The van der Waals surface area contributed by atoms with Gasteiger partial charge in [-0.05, 0) is 17.7 Å². The maximum Gasteiger partial charge on any atom is 0.411 e. The monoisotopic (exact) mass is 429 g/mol. The highest BCUT2D eigenvalue weighted by Gasteiger charge is 2.24. The Balaban J connectivity index is 1.50. The average Bonchev–Trinajstić information content (AvgIpc) is 3.10. The maximum absolute atomic E-state index is 12.5. The predicted octanol–water partition coefficient (Wildman–Crippen LogP) is 1.29. The molecule has 0 unspecified atom stereocenters. The molecule has 0 bridgehead atoms. The summed E-state index contributed by atoms with van der Waals surface area (Å²) in [5.74, 6) is -0.0856. The van der Waals surface area contributed by atoms with E-state index in [1.807, 2.05) is 30.3 Å². The first kappa shape index (κ1) is 19.8. The molecule has 0 saturated carbocycles. The van der Waals surface area contributed by atoms with Crippen molar-refractivity contribution >= 4 is 33.4 Å². The van der Waals surface area contributed by atoms with Crippen LogP contribution in [-0.2, 0) is 21.1 Å². The number of aromatic nitrogens is 3. The third-order valence-corrected chi connectivity index (χ3v) is 6.49. The number of nitrogens with zero attached hydrogens (tertiary/aromatic N) is 4. The van der Waals surface area contributed by atoms with Crippen LogP contribution in [0.2, 0.25) is 0 Å². The Morgan fingerprint density at radius 2 is 1.77 bits per heavy atom. The summed E-state index contributed by atoms with van der Waals surface area (Å²) in [4.78, 5) is 29.0. The number of carbonyl (C=O) groups is 2. The van der Waals surface area contributed by atoms with Crippen molar-refractivity contribution in [1.82, 2.24) is 19.5 Å². The lowest BCUT2D eigenvalue weighted by atomic mass is 10.1. The lowest BCUT2D eigenvalue weighted by molar-refractivity contribution is -0.130. The van der Waals surface area contributed by atoms with Crippen molar-refractivity contribution in [2.75, 3.05) is 29.9 Å². The van der Waals surface area contributed by atoms with Crippen molar-refractivity contribution in [3.05, 3.63) is 48.0 Å². The number of amides is 2. The number of hydrogen-bond acceptors (Lipinski definition) is 6. The van der Waals surface area contributed by atoms with Gasteiger partial charge >= 0.3 is 6.09 Å². The Bertz CT molecular complexity index is 1210. The number of benzene rings is 1. The normalized spacial score (nSPS) is 15.8. The molecule has 1 aliphatic rings. The highest BCUT2D eigenvalue weighted by molar-refractivity contribution is 7.91. The Hall–Kier alpha value is -3.47. The van der Waals surface area contributed by atoms with Crippen LogP contribution in [0.25, 0.3) is 16.9 Å². The fourth-order valence-corrected chi connectivity index (χ4v) is 4.52. The van der Waals surface area contributed by atoms with Crippen LogP contribution in [0.4, 0.5) is 10.7 Å². The number of carbonyl (C=O) groups excluding carboxylic acids is 1. The van der Waals surface area contributed by atoms with Crippen molar-refractivity contribution < 1.29 is 23.1 Å². The van der Waals surface area contributed by atoms with E-state index in [9.17, 15) is 18.0 Å². The van der Waals surface area contributed by atoms with Gasteiger partial charge in [0.1, 0.15) is 0 Å². The smallest absolute Gasteiger partial charge is 0.411 e. The summed E-state index contributed by atoms with van der Waals surface area (Å²) in [6.07, 6.45) is -1.05. The minimum Gasteiger partial charge on any atom is -0.465 e. The summed E-state index contributed by atoms with van der Waals surface area (Å²) in [5.41, 5.74) is 2.86. The third-order valence-electron chi connectivity index (χ3n) is 4.88. The maximum atomic E-state index is 12.5. The summed E-state index contributed by atoms with van der Waals surface area (Å²) in [6, 6.07) is 12.7. The van der Waals surface area contributed by atoms with Crippen molar-refractivity contribution in [2.45, 2.75) is 6.42 Å². The van der Waals surface area contributed by atoms with Gasteiger partial charge in [0.25, 0.3) is 5.95 Å². The van der Waals surface area contributed by atoms with Crippen LogP contribution < -0.4 is 5.32 Å². The zero-order chi connectivity index (χ0) is 21.3. The van der Waals surface area contributed by atoms with Crippen LogP contribution in [0.15, 0.2) is 42.5 Å². The van der Waals surface area contributed by atoms with Gasteiger partial charge in [0.2, 0.25) is 5.91 Å². The molecule has 0 spiro atoms. The van der Waals surface area contributed by atoms with Crippen LogP contribution >= 0.6 is 0 Å². The molecule has 1 saturated heterocycles. The summed E-state index contributed by atoms with van der Waals surface area (Å²) < 4.78 is 24.6. The summed E-state index contributed by atoms with van der Waals surface area (Å²) >= 11 is 0. The van der Waals surface area contributed by atoms with E-state index in [2.05, 4.69) is 15.4 Å². The van der Waals surface area contributed by atoms with Gasteiger partial charge in [0, 0.05) is 18.7 Å². The minimum absolute atomic E-state index is 0.0122. The molecular formula is C19H19N5O5S.